The summed E-state index contributed by atoms with van der Waals surface area (Å²) < 4.78 is 90.9. The maximum Gasteiger partial charge on any atom is 1.00 e. The minimum Gasteiger partial charge on any atom is -0.744 e. The van der Waals surface area contributed by atoms with Crippen LogP contribution in [0.2, 0.25) is 0 Å². The number of carbonyl (C=O) groups is 3. The van der Waals surface area contributed by atoms with Gasteiger partial charge in [0.1, 0.15) is 28.2 Å². The molecule has 1 saturated heterocycles. The van der Waals surface area contributed by atoms with E-state index in [1.165, 1.54) is 18.2 Å². The van der Waals surface area contributed by atoms with E-state index in [2.05, 4.69) is 37.8 Å². The van der Waals surface area contributed by atoms with Crippen molar-refractivity contribution in [3.05, 3.63) is 101 Å². The van der Waals surface area contributed by atoms with Gasteiger partial charge in [-0.25, -0.2) is 13.2 Å². The Hall–Kier alpha value is -4.50. The molecule has 0 radical (unpaired) electrons. The molecule has 3 aromatic carbocycles. The molecule has 1 atom stereocenters. The summed E-state index contributed by atoms with van der Waals surface area (Å²) in [4.78, 5) is 44.4. The predicted molar refractivity (Wildman–Crippen MR) is 241 cm³/mol. The van der Waals surface area contributed by atoms with Gasteiger partial charge in [0, 0.05) is 85.5 Å². The van der Waals surface area contributed by atoms with Crippen LogP contribution in [0.5, 0.6) is 5.75 Å². The maximum absolute atomic E-state index is 13.1. The van der Waals surface area contributed by atoms with E-state index in [0.29, 0.717) is 65.5 Å². The van der Waals surface area contributed by atoms with Gasteiger partial charge in [0.25, 0.3) is 21.9 Å². The number of hydrogen-bond acceptors (Lipinski definition) is 13. The van der Waals surface area contributed by atoms with Gasteiger partial charge in [-0.2, -0.15) is 13.0 Å². The fourth-order valence-electron chi connectivity index (χ4n) is 9.05. The SMILES string of the molecule is COCCOCCN1c2cc3c(cc2C(C)=CC1(C)C)C(=CC1=[N+](CCCS(=O)(=O)O)c2ccc(S(=O)(=O)[O-])cc2C1(C)CCCC(=O)ON1C(=O)CCC1=O)C=C(c1ccccc1)O3.[Na+]. The number of ether oxygens (including phenoxy) is 3. The second-order valence-corrected chi connectivity index (χ2v) is 20.2. The Morgan fingerprint density at radius 3 is 2.33 bits per heavy atom. The van der Waals surface area contributed by atoms with Crippen molar-refractivity contribution in [3.8, 4) is 5.75 Å². The number of imide groups is 1. The average molecular weight is 955 g/mol. The molecule has 346 valence electrons. The van der Waals surface area contributed by atoms with Gasteiger partial charge in [0.2, 0.25) is 5.69 Å². The number of anilines is 1. The van der Waals surface area contributed by atoms with E-state index in [9.17, 15) is 40.3 Å². The van der Waals surface area contributed by atoms with E-state index in [1.807, 2.05) is 60.0 Å². The summed E-state index contributed by atoms with van der Waals surface area (Å²) in [5.41, 5.74) is 5.10. The quantitative estimate of drug-likeness (QED) is 0.0639. The van der Waals surface area contributed by atoms with Crippen molar-refractivity contribution in [2.75, 3.05) is 50.7 Å². The minimum absolute atomic E-state index is 0. The monoisotopic (exact) mass is 954 g/mol. The maximum atomic E-state index is 13.1. The normalized spacial score (nSPS) is 19.5. The van der Waals surface area contributed by atoms with Crippen molar-refractivity contribution in [1.82, 2.24) is 5.06 Å². The molecule has 0 aliphatic carbocycles. The molecule has 19 heteroatoms. The van der Waals surface area contributed by atoms with Gasteiger partial charge >= 0.3 is 35.5 Å². The minimum atomic E-state index is -4.94. The Balaban J connectivity index is 0.00000720. The molecule has 7 rings (SSSR count). The number of amides is 2. The Morgan fingerprint density at radius 2 is 1.67 bits per heavy atom. The van der Waals surface area contributed by atoms with Crippen molar-refractivity contribution in [3.63, 3.8) is 0 Å². The number of allylic oxidation sites excluding steroid dienone is 4. The van der Waals surface area contributed by atoms with Crippen LogP contribution in [0.25, 0.3) is 16.9 Å². The van der Waals surface area contributed by atoms with E-state index >= 15 is 0 Å². The van der Waals surface area contributed by atoms with Crippen LogP contribution in [0.4, 0.5) is 11.4 Å². The second-order valence-electron chi connectivity index (χ2n) is 17.2. The molecule has 66 heavy (non-hydrogen) atoms. The number of fused-ring (bicyclic) bond motifs is 3. The molecule has 0 spiro atoms. The molecule has 0 saturated carbocycles. The van der Waals surface area contributed by atoms with Crippen molar-refractivity contribution in [2.24, 2.45) is 0 Å². The van der Waals surface area contributed by atoms with Crippen LogP contribution in [0, 0.1) is 0 Å². The third-order valence-electron chi connectivity index (χ3n) is 12.2. The van der Waals surface area contributed by atoms with E-state index in [0.717, 1.165) is 28.0 Å². The number of nitrogens with zero attached hydrogens (tertiary/aromatic N) is 3. The topological polar surface area (TPSA) is 209 Å². The Bertz CT molecular complexity index is 2750. The van der Waals surface area contributed by atoms with Gasteiger partial charge in [-0.1, -0.05) is 36.4 Å². The summed E-state index contributed by atoms with van der Waals surface area (Å²) in [6, 6.07) is 17.6. The third-order valence-corrected chi connectivity index (χ3v) is 13.8. The van der Waals surface area contributed by atoms with Crippen LogP contribution in [0.3, 0.4) is 0 Å². The molecular weight excluding hydrogens is 902 g/mol. The smallest absolute Gasteiger partial charge is 0.744 e. The van der Waals surface area contributed by atoms with Crippen LogP contribution in [0.15, 0.2) is 83.8 Å². The number of hydrogen-bond donors (Lipinski definition) is 1. The largest absolute Gasteiger partial charge is 1.00 e. The fraction of sp³-hybridized carbons (Fsp3) is 0.404. The summed E-state index contributed by atoms with van der Waals surface area (Å²) in [6.07, 6.45) is 5.92. The average Bonchev–Trinajstić information content (AvgIpc) is 3.67. The standard InChI is InChI=1S/C47H53N3O13S2.Na/c1-31-30-46(2,3)49(20-21-61-23-22-60-5)39-29-41-36(28-35(31)39)33(25-40(62-41)32-11-7-6-8-12-32)26-42-47(4,18-9-13-45(53)63-50-43(51)16-17-44(50)52)37-27-34(65(57,58)59)14-15-38(37)48(42)19-10-24-64(54,55)56;/h6-8,11-12,14-15,25-30H,9-10,13,16-24H2,1-5H3,(H-,54,55,56,57,58,59);/q;+1. The van der Waals surface area contributed by atoms with Gasteiger partial charge in [-0.05, 0) is 76.0 Å². The van der Waals surface area contributed by atoms with E-state index in [1.54, 1.807) is 7.11 Å². The summed E-state index contributed by atoms with van der Waals surface area (Å²) in [5.74, 6) is -1.55. The first-order valence-electron chi connectivity index (χ1n) is 21.4. The van der Waals surface area contributed by atoms with Crippen LogP contribution in [-0.4, -0.2) is 110 Å². The summed E-state index contributed by atoms with van der Waals surface area (Å²) in [6.45, 7) is 10.2. The van der Waals surface area contributed by atoms with Crippen molar-refractivity contribution in [1.29, 1.82) is 0 Å². The van der Waals surface area contributed by atoms with Crippen molar-refractivity contribution >= 4 is 72.0 Å². The van der Waals surface area contributed by atoms with Crippen LogP contribution < -0.4 is 39.2 Å². The number of hydroxylamine groups is 2. The van der Waals surface area contributed by atoms with Crippen LogP contribution in [0.1, 0.15) is 88.5 Å². The molecule has 2 amide bonds. The van der Waals surface area contributed by atoms with E-state index in [4.69, 9.17) is 19.0 Å². The predicted octanol–water partition coefficient (Wildman–Crippen LogP) is 3.19. The zero-order valence-electron chi connectivity index (χ0n) is 38.0. The summed E-state index contributed by atoms with van der Waals surface area (Å²) in [5, 5.41) is 0.477. The van der Waals surface area contributed by atoms with Gasteiger partial charge in [-0.3, -0.25) is 14.1 Å². The van der Waals surface area contributed by atoms with Gasteiger partial charge in [0.05, 0.1) is 41.4 Å². The molecule has 0 aromatic heterocycles. The van der Waals surface area contributed by atoms with Gasteiger partial charge in [0.15, 0.2) is 5.71 Å². The zero-order chi connectivity index (χ0) is 46.9. The van der Waals surface area contributed by atoms with Gasteiger partial charge < -0.3 is 28.5 Å². The Labute approximate surface area is 407 Å². The second kappa shape index (κ2) is 20.4. The molecular formula is C47H53N3NaO13S2+. The molecule has 1 unspecified atom stereocenters. The summed E-state index contributed by atoms with van der Waals surface area (Å²) >= 11 is 0. The van der Waals surface area contributed by atoms with E-state index < -0.39 is 54.1 Å². The number of benzene rings is 3. The van der Waals surface area contributed by atoms with E-state index in [-0.39, 0.29) is 80.2 Å². The van der Waals surface area contributed by atoms with Crippen molar-refractivity contribution < 1.29 is 93.5 Å². The Kier molecular flexibility index (Phi) is 15.7. The molecule has 0 bridgehead atoms. The first-order chi connectivity index (χ1) is 30.7. The molecule has 4 heterocycles. The first kappa shape index (κ1) is 50.9. The molecule has 16 nitrogen and oxygen atoms in total. The molecule has 1 N–H and O–H groups in total. The number of methoxy groups -OCH3 is 1. The number of rotatable bonds is 18. The molecule has 3 aromatic rings. The molecule has 1 fully saturated rings. The first-order valence-corrected chi connectivity index (χ1v) is 24.4. The van der Waals surface area contributed by atoms with Crippen LogP contribution >= 0.6 is 0 Å². The molecule has 4 aliphatic heterocycles. The Morgan fingerprint density at radius 1 is 0.955 bits per heavy atom. The van der Waals surface area contributed by atoms with Crippen LogP contribution in [-0.2, 0) is 54.3 Å². The van der Waals surface area contributed by atoms with Gasteiger partial charge in [-0.15, -0.1) is 5.06 Å². The fourth-order valence-corrected chi connectivity index (χ4v) is 10.0. The molecule has 4 aliphatic rings. The summed E-state index contributed by atoms with van der Waals surface area (Å²) in [7, 11) is -7.69. The third kappa shape index (κ3) is 11.1. The number of carbonyl (C=O) groups excluding carboxylic acids is 3. The van der Waals surface area contributed by atoms with Crippen molar-refractivity contribution in [2.45, 2.75) is 82.1 Å². The zero-order valence-corrected chi connectivity index (χ0v) is 41.6.